The number of H-pyrrole nitrogens is 1. The number of anilines is 5. The smallest absolute Gasteiger partial charge is 0.253 e. The SMILES string of the molecule is COc1cc(N2CCCN(S(C)(=O)=O)CC2)ccc1Nc1nc(Nc2cccc(F)c2C(N)=O)c2cc[nH]c2n1. The molecule has 12 nitrogen and oxygen atoms in total. The number of sulfonamides is 1. The van der Waals surface area contributed by atoms with Gasteiger partial charge in [-0.05, 0) is 36.8 Å². The van der Waals surface area contributed by atoms with Crippen molar-refractivity contribution in [2.24, 2.45) is 5.73 Å². The molecular formula is C26H29FN8O4S. The number of nitrogens with zero attached hydrogens (tertiary/aromatic N) is 4. The van der Waals surface area contributed by atoms with E-state index in [4.69, 9.17) is 10.5 Å². The van der Waals surface area contributed by atoms with Crippen LogP contribution in [0.4, 0.5) is 33.2 Å². The van der Waals surface area contributed by atoms with Crippen LogP contribution in [0.1, 0.15) is 16.8 Å². The third kappa shape index (κ3) is 5.62. The molecule has 210 valence electrons. The Kier molecular flexibility index (Phi) is 7.45. The third-order valence-electron chi connectivity index (χ3n) is 6.65. The highest BCUT2D eigenvalue weighted by Gasteiger charge is 2.22. The molecule has 1 amide bonds. The van der Waals surface area contributed by atoms with E-state index in [1.807, 2.05) is 18.2 Å². The minimum Gasteiger partial charge on any atom is -0.494 e. The number of methoxy groups -OCH3 is 1. The Morgan fingerprint density at radius 1 is 1.07 bits per heavy atom. The Hall–Kier alpha value is -4.43. The summed E-state index contributed by atoms with van der Waals surface area (Å²) < 4.78 is 45.4. The van der Waals surface area contributed by atoms with Gasteiger partial charge < -0.3 is 31.0 Å². The maximum Gasteiger partial charge on any atom is 0.253 e. The van der Waals surface area contributed by atoms with E-state index in [-0.39, 0.29) is 17.2 Å². The quantitative estimate of drug-likeness (QED) is 0.250. The van der Waals surface area contributed by atoms with E-state index in [9.17, 15) is 17.6 Å². The molecule has 5 N–H and O–H groups in total. The lowest BCUT2D eigenvalue weighted by molar-refractivity contribution is 0.0997. The number of amides is 1. The number of rotatable bonds is 8. The third-order valence-corrected chi connectivity index (χ3v) is 7.95. The van der Waals surface area contributed by atoms with Crippen LogP contribution >= 0.6 is 0 Å². The van der Waals surface area contributed by atoms with Crippen LogP contribution in [0.2, 0.25) is 0 Å². The Morgan fingerprint density at radius 2 is 1.90 bits per heavy atom. The van der Waals surface area contributed by atoms with Crippen LogP contribution < -0.4 is 26.0 Å². The number of aromatic nitrogens is 3. The second-order valence-electron chi connectivity index (χ2n) is 9.30. The number of fused-ring (bicyclic) bond motifs is 1. The molecule has 4 aromatic rings. The maximum atomic E-state index is 14.3. The summed E-state index contributed by atoms with van der Waals surface area (Å²) in [5.74, 6) is -0.561. The van der Waals surface area contributed by atoms with Gasteiger partial charge in [0.05, 0.1) is 35.7 Å². The molecule has 5 rings (SSSR count). The van der Waals surface area contributed by atoms with Crippen LogP contribution in [0.5, 0.6) is 5.75 Å². The van der Waals surface area contributed by atoms with Gasteiger partial charge in [0.1, 0.15) is 23.0 Å². The van der Waals surface area contributed by atoms with E-state index in [1.54, 1.807) is 19.4 Å². The molecule has 0 saturated carbocycles. The van der Waals surface area contributed by atoms with E-state index >= 15 is 0 Å². The summed E-state index contributed by atoms with van der Waals surface area (Å²) in [7, 11) is -1.69. The number of benzene rings is 2. The molecule has 14 heteroatoms. The van der Waals surface area contributed by atoms with Crippen LogP contribution in [0.25, 0.3) is 11.0 Å². The first kappa shape index (κ1) is 27.1. The van der Waals surface area contributed by atoms with Crippen molar-refractivity contribution in [3.63, 3.8) is 0 Å². The molecular weight excluding hydrogens is 539 g/mol. The lowest BCUT2D eigenvalue weighted by Crippen LogP contribution is -2.34. The van der Waals surface area contributed by atoms with Crippen molar-refractivity contribution >= 4 is 55.8 Å². The fourth-order valence-corrected chi connectivity index (χ4v) is 5.56. The first-order chi connectivity index (χ1) is 19.1. The fraction of sp³-hybridized carbons (Fsp3) is 0.269. The van der Waals surface area contributed by atoms with E-state index < -0.39 is 21.7 Å². The molecule has 0 aliphatic carbocycles. The predicted molar refractivity (Wildman–Crippen MR) is 152 cm³/mol. The van der Waals surface area contributed by atoms with Gasteiger partial charge in [-0.2, -0.15) is 9.97 Å². The van der Waals surface area contributed by atoms with Crippen molar-refractivity contribution in [3.8, 4) is 5.75 Å². The van der Waals surface area contributed by atoms with Crippen molar-refractivity contribution in [1.29, 1.82) is 0 Å². The van der Waals surface area contributed by atoms with Gasteiger partial charge >= 0.3 is 0 Å². The van der Waals surface area contributed by atoms with Gasteiger partial charge in [0.15, 0.2) is 0 Å². The second-order valence-corrected chi connectivity index (χ2v) is 11.3. The van der Waals surface area contributed by atoms with Gasteiger partial charge in [0.25, 0.3) is 5.91 Å². The van der Waals surface area contributed by atoms with Crippen LogP contribution in [-0.2, 0) is 10.0 Å². The molecule has 0 radical (unpaired) electrons. The Balaban J connectivity index is 1.42. The fourth-order valence-electron chi connectivity index (χ4n) is 4.68. The van der Waals surface area contributed by atoms with E-state index in [0.717, 1.165) is 11.8 Å². The summed E-state index contributed by atoms with van der Waals surface area (Å²) >= 11 is 0. The van der Waals surface area contributed by atoms with Gasteiger partial charge in [0, 0.05) is 44.1 Å². The number of halogens is 1. The van der Waals surface area contributed by atoms with Gasteiger partial charge in [0.2, 0.25) is 16.0 Å². The van der Waals surface area contributed by atoms with Crippen LogP contribution in [0.3, 0.4) is 0 Å². The Morgan fingerprint density at radius 3 is 2.65 bits per heavy atom. The molecule has 0 spiro atoms. The monoisotopic (exact) mass is 568 g/mol. The van der Waals surface area contributed by atoms with Gasteiger partial charge in [-0.1, -0.05) is 6.07 Å². The molecule has 3 heterocycles. The first-order valence-electron chi connectivity index (χ1n) is 12.5. The molecule has 0 unspecified atom stereocenters. The molecule has 1 saturated heterocycles. The second kappa shape index (κ2) is 11.0. The molecule has 1 fully saturated rings. The van der Waals surface area contributed by atoms with Gasteiger partial charge in [-0.25, -0.2) is 17.1 Å². The Bertz CT molecular complexity index is 1680. The maximum absolute atomic E-state index is 14.3. The minimum atomic E-state index is -3.24. The van der Waals surface area contributed by atoms with Crippen molar-refractivity contribution in [2.75, 3.05) is 55.1 Å². The number of hydrogen-bond donors (Lipinski definition) is 4. The molecule has 2 aromatic carbocycles. The predicted octanol–water partition coefficient (Wildman–Crippen LogP) is 3.16. The number of carbonyl (C=O) groups excluding carboxylic acids is 1. The van der Waals surface area contributed by atoms with Crippen molar-refractivity contribution in [3.05, 3.63) is 60.0 Å². The molecule has 2 aromatic heterocycles. The Labute approximate surface area is 230 Å². The highest BCUT2D eigenvalue weighted by Crippen LogP contribution is 2.34. The summed E-state index contributed by atoms with van der Waals surface area (Å²) in [6.45, 7) is 2.15. The zero-order valence-corrected chi connectivity index (χ0v) is 22.8. The summed E-state index contributed by atoms with van der Waals surface area (Å²) in [4.78, 5) is 26.1. The molecule has 0 atom stereocenters. The number of carbonyl (C=O) groups is 1. The summed E-state index contributed by atoms with van der Waals surface area (Å²) in [6, 6.07) is 11.5. The summed E-state index contributed by atoms with van der Waals surface area (Å²) in [5, 5.41) is 6.81. The van der Waals surface area contributed by atoms with Crippen molar-refractivity contribution < 1.29 is 22.3 Å². The zero-order valence-electron chi connectivity index (χ0n) is 21.9. The molecule has 0 bridgehead atoms. The van der Waals surface area contributed by atoms with Crippen LogP contribution in [-0.4, -0.2) is 73.1 Å². The van der Waals surface area contributed by atoms with Crippen LogP contribution in [0, 0.1) is 5.82 Å². The summed E-state index contributed by atoms with van der Waals surface area (Å²) in [5.41, 5.74) is 7.31. The van der Waals surface area contributed by atoms with Gasteiger partial charge in [-0.15, -0.1) is 0 Å². The molecule has 1 aliphatic heterocycles. The van der Waals surface area contributed by atoms with E-state index in [2.05, 4.69) is 30.5 Å². The largest absolute Gasteiger partial charge is 0.494 e. The average molecular weight is 569 g/mol. The molecule has 1 aliphatic rings. The standard InChI is InChI=1S/C26H29FN8O4S/c1-39-21-15-16(34-11-4-12-35(14-13-34)40(2,37)38)7-8-19(21)31-26-32-24-17(9-10-29-24)25(33-26)30-20-6-3-5-18(27)22(20)23(28)36/h3,5-10,15H,4,11-14H2,1-2H3,(H2,28,36)(H3,29,30,31,32,33). The normalized spacial score (nSPS) is 14.6. The van der Waals surface area contributed by atoms with Crippen LogP contribution in [0.15, 0.2) is 48.7 Å². The average Bonchev–Trinajstić information content (AvgIpc) is 3.23. The lowest BCUT2D eigenvalue weighted by Gasteiger charge is -2.24. The summed E-state index contributed by atoms with van der Waals surface area (Å²) in [6.07, 6.45) is 3.63. The number of ether oxygens (including phenoxy) is 1. The minimum absolute atomic E-state index is 0.175. The number of nitrogens with one attached hydrogen (secondary N) is 3. The topological polar surface area (TPSA) is 159 Å². The number of aromatic amines is 1. The highest BCUT2D eigenvalue weighted by molar-refractivity contribution is 7.88. The zero-order chi connectivity index (χ0) is 28.4. The number of primary amides is 1. The van der Waals surface area contributed by atoms with Gasteiger partial charge in [-0.3, -0.25) is 4.79 Å². The first-order valence-corrected chi connectivity index (χ1v) is 14.3. The van der Waals surface area contributed by atoms with Crippen molar-refractivity contribution in [2.45, 2.75) is 6.42 Å². The lowest BCUT2D eigenvalue weighted by atomic mass is 10.1. The van der Waals surface area contributed by atoms with E-state index in [0.29, 0.717) is 60.9 Å². The van der Waals surface area contributed by atoms with Crippen molar-refractivity contribution in [1.82, 2.24) is 19.3 Å². The van der Waals surface area contributed by atoms with E-state index in [1.165, 1.54) is 22.7 Å². The highest BCUT2D eigenvalue weighted by atomic mass is 32.2. The number of hydrogen-bond acceptors (Lipinski definition) is 9. The molecule has 40 heavy (non-hydrogen) atoms. The number of nitrogens with two attached hydrogens (primary N) is 1.